The van der Waals surface area contributed by atoms with Crippen LogP contribution < -0.4 is 0 Å². The number of likely N-dealkylation sites (tertiary alicyclic amines) is 1. The Morgan fingerprint density at radius 2 is 2.32 bits per heavy atom. The van der Waals surface area contributed by atoms with Crippen LogP contribution in [0.5, 0.6) is 0 Å². The highest BCUT2D eigenvalue weighted by molar-refractivity contribution is 7.08. The van der Waals surface area contributed by atoms with Crippen molar-refractivity contribution in [2.75, 3.05) is 40.9 Å². The van der Waals surface area contributed by atoms with Crippen molar-refractivity contribution >= 4 is 17.2 Å². The van der Waals surface area contributed by atoms with Gasteiger partial charge in [0.05, 0.1) is 18.7 Å². The molecule has 1 aliphatic heterocycles. The molecular formula is C16H24N6O2S. The SMILES string of the molecule is COCCn1nnnc1C1(N(C)C)CCCN(C(=O)c2ccsc2)C1. The number of piperidine rings is 1. The lowest BCUT2D eigenvalue weighted by Gasteiger charge is -2.45. The van der Waals surface area contributed by atoms with Crippen molar-refractivity contribution in [1.82, 2.24) is 30.0 Å². The zero-order valence-corrected chi connectivity index (χ0v) is 15.7. The Labute approximate surface area is 151 Å². The first-order valence-electron chi connectivity index (χ1n) is 8.33. The van der Waals surface area contributed by atoms with Crippen LogP contribution in [-0.4, -0.2) is 76.8 Å². The van der Waals surface area contributed by atoms with E-state index in [0.717, 1.165) is 30.8 Å². The zero-order valence-electron chi connectivity index (χ0n) is 14.9. The van der Waals surface area contributed by atoms with Gasteiger partial charge in [0.25, 0.3) is 5.91 Å². The van der Waals surface area contributed by atoms with Crippen LogP contribution in [0.3, 0.4) is 0 Å². The molecule has 1 unspecified atom stereocenters. The maximum absolute atomic E-state index is 12.8. The van der Waals surface area contributed by atoms with Gasteiger partial charge in [0.15, 0.2) is 5.82 Å². The van der Waals surface area contributed by atoms with Gasteiger partial charge in [-0.15, -0.1) is 5.10 Å². The summed E-state index contributed by atoms with van der Waals surface area (Å²) in [5.74, 6) is 0.862. The minimum atomic E-state index is -0.402. The molecule has 1 fully saturated rings. The minimum absolute atomic E-state index is 0.0723. The molecule has 9 heteroatoms. The van der Waals surface area contributed by atoms with E-state index in [-0.39, 0.29) is 5.91 Å². The van der Waals surface area contributed by atoms with Crippen LogP contribution >= 0.6 is 11.3 Å². The maximum atomic E-state index is 12.8. The van der Waals surface area contributed by atoms with Gasteiger partial charge < -0.3 is 9.64 Å². The van der Waals surface area contributed by atoms with Gasteiger partial charge in [-0.3, -0.25) is 9.69 Å². The fraction of sp³-hybridized carbons (Fsp3) is 0.625. The molecule has 0 spiro atoms. The Balaban J connectivity index is 1.90. The topological polar surface area (TPSA) is 76.4 Å². The summed E-state index contributed by atoms with van der Waals surface area (Å²) < 4.78 is 6.96. The predicted octanol–water partition coefficient (Wildman–Crippen LogP) is 1.07. The third-order valence-corrected chi connectivity index (χ3v) is 5.52. The molecule has 1 amide bonds. The Kier molecular flexibility index (Phi) is 5.45. The number of nitrogens with zero attached hydrogens (tertiary/aromatic N) is 6. The highest BCUT2D eigenvalue weighted by Crippen LogP contribution is 2.35. The number of carbonyl (C=O) groups is 1. The number of hydrogen-bond donors (Lipinski definition) is 0. The Morgan fingerprint density at radius 3 is 3.00 bits per heavy atom. The number of likely N-dealkylation sites (N-methyl/N-ethyl adjacent to an activating group) is 1. The largest absolute Gasteiger partial charge is 0.383 e. The van der Waals surface area contributed by atoms with Crippen LogP contribution in [0.1, 0.15) is 29.0 Å². The Morgan fingerprint density at radius 1 is 1.48 bits per heavy atom. The van der Waals surface area contributed by atoms with Gasteiger partial charge in [-0.05, 0) is 48.8 Å². The molecule has 0 bridgehead atoms. The summed E-state index contributed by atoms with van der Waals surface area (Å²) in [6, 6.07) is 1.88. The van der Waals surface area contributed by atoms with Gasteiger partial charge in [0, 0.05) is 25.6 Å². The molecule has 0 aliphatic carbocycles. The first-order valence-corrected chi connectivity index (χ1v) is 9.27. The summed E-state index contributed by atoms with van der Waals surface area (Å²) in [5.41, 5.74) is 0.347. The summed E-state index contributed by atoms with van der Waals surface area (Å²) in [7, 11) is 5.70. The summed E-state index contributed by atoms with van der Waals surface area (Å²) in [4.78, 5) is 16.9. The number of amides is 1. The average molecular weight is 364 g/mol. The molecule has 2 aromatic rings. The van der Waals surface area contributed by atoms with E-state index in [1.165, 1.54) is 11.3 Å². The number of methoxy groups -OCH3 is 1. The van der Waals surface area contributed by atoms with Crippen LogP contribution in [0.4, 0.5) is 0 Å². The predicted molar refractivity (Wildman–Crippen MR) is 94.5 cm³/mol. The average Bonchev–Trinajstić information content (AvgIpc) is 3.31. The van der Waals surface area contributed by atoms with Gasteiger partial charge in [0.1, 0.15) is 5.54 Å². The second-order valence-corrected chi connectivity index (χ2v) is 7.27. The van der Waals surface area contributed by atoms with Gasteiger partial charge in [0.2, 0.25) is 0 Å². The van der Waals surface area contributed by atoms with Crippen LogP contribution in [0.25, 0.3) is 0 Å². The molecule has 0 radical (unpaired) electrons. The summed E-state index contributed by atoms with van der Waals surface area (Å²) in [5, 5.41) is 16.1. The van der Waals surface area contributed by atoms with E-state index < -0.39 is 5.54 Å². The Hall–Kier alpha value is -1.84. The molecule has 1 aliphatic rings. The van der Waals surface area contributed by atoms with Gasteiger partial charge in [-0.25, -0.2) is 4.68 Å². The van der Waals surface area contributed by atoms with E-state index in [1.54, 1.807) is 11.8 Å². The number of hydrogen-bond acceptors (Lipinski definition) is 7. The van der Waals surface area contributed by atoms with Crippen molar-refractivity contribution < 1.29 is 9.53 Å². The first kappa shape index (κ1) is 18.0. The van der Waals surface area contributed by atoms with Crippen LogP contribution in [0, 0.1) is 0 Å². The number of rotatable bonds is 6. The molecule has 8 nitrogen and oxygen atoms in total. The molecule has 1 saturated heterocycles. The van der Waals surface area contributed by atoms with Gasteiger partial charge in [-0.2, -0.15) is 11.3 Å². The van der Waals surface area contributed by atoms with E-state index in [9.17, 15) is 4.79 Å². The standard InChI is InChI=1S/C16H24N6O2S/c1-20(2)16(15-17-18-19-22(15)8-9-24-3)6-4-7-21(12-16)14(23)13-5-10-25-11-13/h5,10-11H,4,6-9,12H2,1-3H3. The second kappa shape index (κ2) is 7.59. The van der Waals surface area contributed by atoms with E-state index in [4.69, 9.17) is 4.74 Å². The lowest BCUT2D eigenvalue weighted by atomic mass is 9.86. The zero-order chi connectivity index (χ0) is 17.9. The molecule has 3 heterocycles. The molecule has 136 valence electrons. The molecular weight excluding hydrogens is 340 g/mol. The van der Waals surface area contributed by atoms with Crippen molar-refractivity contribution in [3.05, 3.63) is 28.2 Å². The quantitative estimate of drug-likeness (QED) is 0.763. The number of tetrazole rings is 1. The van der Waals surface area contributed by atoms with E-state index in [1.807, 2.05) is 35.8 Å². The highest BCUT2D eigenvalue weighted by atomic mass is 32.1. The van der Waals surface area contributed by atoms with E-state index in [0.29, 0.717) is 19.7 Å². The van der Waals surface area contributed by atoms with Crippen molar-refractivity contribution in [3.63, 3.8) is 0 Å². The number of ether oxygens (including phenoxy) is 1. The third kappa shape index (κ3) is 3.44. The number of aromatic nitrogens is 4. The molecule has 2 aromatic heterocycles. The summed E-state index contributed by atoms with van der Waals surface area (Å²) in [6.45, 7) is 2.46. The summed E-state index contributed by atoms with van der Waals surface area (Å²) in [6.07, 6.45) is 1.81. The molecule has 0 saturated carbocycles. The molecule has 0 N–H and O–H groups in total. The first-order chi connectivity index (χ1) is 12.1. The normalized spacial score (nSPS) is 21.0. The van der Waals surface area contributed by atoms with Gasteiger partial charge in [-0.1, -0.05) is 0 Å². The van der Waals surface area contributed by atoms with Crippen molar-refractivity contribution in [2.24, 2.45) is 0 Å². The fourth-order valence-corrected chi connectivity index (χ4v) is 4.02. The smallest absolute Gasteiger partial charge is 0.254 e. The molecule has 0 aromatic carbocycles. The Bertz CT molecular complexity index is 701. The second-order valence-electron chi connectivity index (χ2n) is 6.49. The molecule has 25 heavy (non-hydrogen) atoms. The van der Waals surface area contributed by atoms with Crippen molar-refractivity contribution in [1.29, 1.82) is 0 Å². The third-order valence-electron chi connectivity index (χ3n) is 4.84. The van der Waals surface area contributed by atoms with Crippen molar-refractivity contribution in [3.8, 4) is 0 Å². The van der Waals surface area contributed by atoms with E-state index >= 15 is 0 Å². The maximum Gasteiger partial charge on any atom is 0.254 e. The monoisotopic (exact) mass is 364 g/mol. The minimum Gasteiger partial charge on any atom is -0.383 e. The highest BCUT2D eigenvalue weighted by Gasteiger charge is 2.44. The number of thiophene rings is 1. The number of carbonyl (C=O) groups excluding carboxylic acids is 1. The fourth-order valence-electron chi connectivity index (χ4n) is 3.39. The van der Waals surface area contributed by atoms with E-state index in [2.05, 4.69) is 20.4 Å². The summed E-state index contributed by atoms with van der Waals surface area (Å²) >= 11 is 1.54. The van der Waals surface area contributed by atoms with Crippen LogP contribution in [-0.2, 0) is 16.8 Å². The molecule has 1 atom stereocenters. The van der Waals surface area contributed by atoms with Gasteiger partial charge >= 0.3 is 0 Å². The van der Waals surface area contributed by atoms with Crippen LogP contribution in [0.15, 0.2) is 16.8 Å². The van der Waals surface area contributed by atoms with Crippen LogP contribution in [0.2, 0.25) is 0 Å². The molecule has 3 rings (SSSR count). The lowest BCUT2D eigenvalue weighted by Crippen LogP contribution is -2.56. The van der Waals surface area contributed by atoms with Crippen molar-refractivity contribution in [2.45, 2.75) is 24.9 Å². The lowest BCUT2D eigenvalue weighted by molar-refractivity contribution is 0.0251.